The highest BCUT2D eigenvalue weighted by atomic mass is 16.2. The molecule has 1 aromatic carbocycles. The fraction of sp³-hybridized carbons (Fsp3) is 0.250. The van der Waals surface area contributed by atoms with Gasteiger partial charge in [-0.15, -0.1) is 0 Å². The van der Waals surface area contributed by atoms with Crippen LogP contribution in [0.2, 0.25) is 0 Å². The van der Waals surface area contributed by atoms with Crippen molar-refractivity contribution in [2.75, 3.05) is 24.3 Å². The summed E-state index contributed by atoms with van der Waals surface area (Å²) in [6, 6.07) is 9.65. The third-order valence-corrected chi connectivity index (χ3v) is 3.17. The van der Waals surface area contributed by atoms with Gasteiger partial charge < -0.3 is 10.2 Å². The van der Waals surface area contributed by atoms with Gasteiger partial charge in [0, 0.05) is 31.7 Å². The maximum Gasteiger partial charge on any atom is 0.276 e. The molecule has 0 aliphatic rings. The minimum Gasteiger partial charge on any atom is -0.388 e. The Morgan fingerprint density at radius 3 is 2.40 bits per heavy atom. The molecule has 4 nitrogen and oxygen atoms in total. The first kappa shape index (κ1) is 14.1. The molecule has 1 amide bonds. The Morgan fingerprint density at radius 1 is 1.15 bits per heavy atom. The standard InChI is InChI=1S/C16H19N3O/c1-11-7-12(2)9-14(8-11)19(4)16(20)15-10-13(17-3)5-6-18-15/h5-10H,1-4H3,(H,17,18). The lowest BCUT2D eigenvalue weighted by molar-refractivity contribution is 0.0988. The number of amides is 1. The van der Waals surface area contributed by atoms with Crippen molar-refractivity contribution >= 4 is 17.3 Å². The average molecular weight is 269 g/mol. The maximum absolute atomic E-state index is 12.5. The van der Waals surface area contributed by atoms with E-state index in [1.165, 1.54) is 0 Å². The second-order valence-corrected chi connectivity index (χ2v) is 4.89. The molecule has 1 heterocycles. The molecule has 0 aliphatic carbocycles. The number of carbonyl (C=O) groups excluding carboxylic acids is 1. The molecule has 0 unspecified atom stereocenters. The van der Waals surface area contributed by atoms with Crippen molar-refractivity contribution in [3.8, 4) is 0 Å². The first-order valence-corrected chi connectivity index (χ1v) is 6.51. The highest BCUT2D eigenvalue weighted by Gasteiger charge is 2.15. The van der Waals surface area contributed by atoms with Crippen LogP contribution >= 0.6 is 0 Å². The number of carbonyl (C=O) groups is 1. The van der Waals surface area contributed by atoms with E-state index in [1.54, 1.807) is 24.2 Å². The van der Waals surface area contributed by atoms with Gasteiger partial charge in [-0.3, -0.25) is 9.78 Å². The maximum atomic E-state index is 12.5. The monoisotopic (exact) mass is 269 g/mol. The van der Waals surface area contributed by atoms with E-state index in [-0.39, 0.29) is 5.91 Å². The van der Waals surface area contributed by atoms with Crippen molar-refractivity contribution in [2.45, 2.75) is 13.8 Å². The van der Waals surface area contributed by atoms with E-state index in [0.717, 1.165) is 22.5 Å². The molecule has 0 fully saturated rings. The zero-order valence-corrected chi connectivity index (χ0v) is 12.3. The minimum atomic E-state index is -0.118. The van der Waals surface area contributed by atoms with Crippen molar-refractivity contribution in [3.63, 3.8) is 0 Å². The van der Waals surface area contributed by atoms with Gasteiger partial charge in [-0.25, -0.2) is 0 Å². The van der Waals surface area contributed by atoms with Crippen LogP contribution in [0, 0.1) is 13.8 Å². The minimum absolute atomic E-state index is 0.118. The Bertz CT molecular complexity index is 617. The van der Waals surface area contributed by atoms with Crippen LogP contribution in [0.25, 0.3) is 0 Å². The number of nitrogens with one attached hydrogen (secondary N) is 1. The molecular formula is C16H19N3O. The highest BCUT2D eigenvalue weighted by molar-refractivity contribution is 6.04. The Morgan fingerprint density at radius 2 is 1.80 bits per heavy atom. The number of pyridine rings is 1. The number of benzene rings is 1. The first-order valence-electron chi connectivity index (χ1n) is 6.51. The van der Waals surface area contributed by atoms with E-state index in [9.17, 15) is 4.79 Å². The summed E-state index contributed by atoms with van der Waals surface area (Å²) in [5, 5.41) is 3.01. The fourth-order valence-corrected chi connectivity index (χ4v) is 2.14. The van der Waals surface area contributed by atoms with Crippen LogP contribution in [-0.4, -0.2) is 25.0 Å². The predicted molar refractivity (Wildman–Crippen MR) is 82.4 cm³/mol. The molecule has 0 saturated carbocycles. The normalized spacial score (nSPS) is 10.2. The Balaban J connectivity index is 2.31. The van der Waals surface area contributed by atoms with Crippen molar-refractivity contribution in [1.29, 1.82) is 0 Å². The highest BCUT2D eigenvalue weighted by Crippen LogP contribution is 2.19. The molecule has 0 aliphatic heterocycles. The van der Waals surface area contributed by atoms with Crippen molar-refractivity contribution in [3.05, 3.63) is 53.3 Å². The third-order valence-electron chi connectivity index (χ3n) is 3.17. The van der Waals surface area contributed by atoms with E-state index >= 15 is 0 Å². The quantitative estimate of drug-likeness (QED) is 0.931. The van der Waals surface area contributed by atoms with E-state index in [2.05, 4.69) is 16.4 Å². The molecule has 1 aromatic heterocycles. The zero-order chi connectivity index (χ0) is 14.7. The van der Waals surface area contributed by atoms with Crippen LogP contribution in [0.5, 0.6) is 0 Å². The van der Waals surface area contributed by atoms with Gasteiger partial charge in [-0.05, 0) is 49.2 Å². The first-order chi connectivity index (χ1) is 9.51. The molecule has 2 rings (SSSR count). The summed E-state index contributed by atoms with van der Waals surface area (Å²) in [6.45, 7) is 4.05. The van der Waals surface area contributed by atoms with Crippen LogP contribution in [0.4, 0.5) is 11.4 Å². The van der Waals surface area contributed by atoms with Crippen LogP contribution in [-0.2, 0) is 0 Å². The van der Waals surface area contributed by atoms with Gasteiger partial charge in [0.2, 0.25) is 0 Å². The number of aromatic nitrogens is 1. The molecule has 0 radical (unpaired) electrons. The summed E-state index contributed by atoms with van der Waals surface area (Å²) in [7, 11) is 3.58. The molecule has 0 saturated heterocycles. The number of hydrogen-bond donors (Lipinski definition) is 1. The average Bonchev–Trinajstić information content (AvgIpc) is 2.44. The van der Waals surface area contributed by atoms with Crippen LogP contribution in [0.15, 0.2) is 36.5 Å². The summed E-state index contributed by atoms with van der Waals surface area (Å²) in [5.41, 5.74) is 4.45. The topological polar surface area (TPSA) is 45.2 Å². The van der Waals surface area contributed by atoms with Crippen molar-refractivity contribution in [1.82, 2.24) is 4.98 Å². The van der Waals surface area contributed by atoms with Crippen LogP contribution in [0.1, 0.15) is 21.6 Å². The zero-order valence-electron chi connectivity index (χ0n) is 12.3. The fourth-order valence-electron chi connectivity index (χ4n) is 2.14. The van der Waals surface area contributed by atoms with Crippen molar-refractivity contribution < 1.29 is 4.79 Å². The number of hydrogen-bond acceptors (Lipinski definition) is 3. The predicted octanol–water partition coefficient (Wildman–Crippen LogP) is 3.02. The van der Waals surface area contributed by atoms with Gasteiger partial charge >= 0.3 is 0 Å². The summed E-state index contributed by atoms with van der Waals surface area (Å²) < 4.78 is 0. The van der Waals surface area contributed by atoms with Crippen LogP contribution < -0.4 is 10.2 Å². The smallest absolute Gasteiger partial charge is 0.276 e. The Kier molecular flexibility index (Phi) is 4.03. The number of anilines is 2. The Labute approximate surface area is 119 Å². The summed E-state index contributed by atoms with van der Waals surface area (Å²) >= 11 is 0. The van der Waals surface area contributed by atoms with Gasteiger partial charge in [0.15, 0.2) is 0 Å². The van der Waals surface area contributed by atoms with Gasteiger partial charge in [-0.2, -0.15) is 0 Å². The Hall–Kier alpha value is -2.36. The molecule has 0 bridgehead atoms. The molecule has 104 valence electrons. The lowest BCUT2D eigenvalue weighted by Gasteiger charge is -2.18. The molecule has 1 N–H and O–H groups in total. The SMILES string of the molecule is CNc1ccnc(C(=O)N(C)c2cc(C)cc(C)c2)c1. The summed E-state index contributed by atoms with van der Waals surface area (Å²) in [4.78, 5) is 18.2. The lowest BCUT2D eigenvalue weighted by atomic mass is 10.1. The van der Waals surface area contributed by atoms with Crippen molar-refractivity contribution in [2.24, 2.45) is 0 Å². The molecule has 4 heteroatoms. The molecule has 20 heavy (non-hydrogen) atoms. The van der Waals surface area contributed by atoms with E-state index in [4.69, 9.17) is 0 Å². The number of nitrogens with zero attached hydrogens (tertiary/aromatic N) is 2. The molecule has 2 aromatic rings. The molecule has 0 atom stereocenters. The second-order valence-electron chi connectivity index (χ2n) is 4.89. The summed E-state index contributed by atoms with van der Waals surface area (Å²) in [5.74, 6) is -0.118. The van der Waals surface area contributed by atoms with Gasteiger partial charge in [0.1, 0.15) is 5.69 Å². The van der Waals surface area contributed by atoms with Gasteiger partial charge in [0.25, 0.3) is 5.91 Å². The lowest BCUT2D eigenvalue weighted by Crippen LogP contribution is -2.27. The second kappa shape index (κ2) is 5.74. The number of rotatable bonds is 3. The van der Waals surface area contributed by atoms with E-state index < -0.39 is 0 Å². The summed E-state index contributed by atoms with van der Waals surface area (Å²) in [6.07, 6.45) is 1.63. The van der Waals surface area contributed by atoms with Gasteiger partial charge in [-0.1, -0.05) is 6.07 Å². The van der Waals surface area contributed by atoms with Gasteiger partial charge in [0.05, 0.1) is 0 Å². The van der Waals surface area contributed by atoms with E-state index in [1.807, 2.05) is 39.1 Å². The molecule has 0 spiro atoms. The van der Waals surface area contributed by atoms with Crippen LogP contribution in [0.3, 0.4) is 0 Å². The van der Waals surface area contributed by atoms with E-state index in [0.29, 0.717) is 5.69 Å². The third kappa shape index (κ3) is 2.96. The molecular weight excluding hydrogens is 250 g/mol. The number of aryl methyl sites for hydroxylation is 2. The largest absolute Gasteiger partial charge is 0.388 e.